The molecule has 0 unspecified atom stereocenters. The summed E-state index contributed by atoms with van der Waals surface area (Å²) in [6.07, 6.45) is 3.60. The monoisotopic (exact) mass is 289 g/mol. The summed E-state index contributed by atoms with van der Waals surface area (Å²) in [4.78, 5) is 16.9. The van der Waals surface area contributed by atoms with Gasteiger partial charge in [0.05, 0.1) is 5.56 Å². The Bertz CT molecular complexity index is 521. The number of anilines is 1. The van der Waals surface area contributed by atoms with E-state index in [-0.39, 0.29) is 11.4 Å². The smallest absolute Gasteiger partial charge is 0.255 e. The van der Waals surface area contributed by atoms with Gasteiger partial charge >= 0.3 is 0 Å². The van der Waals surface area contributed by atoms with E-state index in [0.29, 0.717) is 0 Å². The van der Waals surface area contributed by atoms with Gasteiger partial charge in [0.15, 0.2) is 0 Å². The molecule has 0 spiro atoms. The summed E-state index contributed by atoms with van der Waals surface area (Å²) in [5, 5.41) is 3.11. The highest BCUT2D eigenvalue weighted by molar-refractivity contribution is 5.99. The maximum absolute atomic E-state index is 12.8. The van der Waals surface area contributed by atoms with Gasteiger partial charge in [0.25, 0.3) is 5.91 Å². The number of nitrogens with one attached hydrogen (secondary N) is 1. The van der Waals surface area contributed by atoms with Crippen LogP contribution in [0.3, 0.4) is 0 Å². The molecule has 116 valence electrons. The van der Waals surface area contributed by atoms with E-state index in [1.54, 1.807) is 0 Å². The zero-order valence-corrected chi connectivity index (χ0v) is 13.9. The zero-order valence-electron chi connectivity index (χ0n) is 13.9. The first kappa shape index (κ1) is 15.8. The lowest BCUT2D eigenvalue weighted by Gasteiger charge is -2.49. The molecule has 0 heterocycles. The average Bonchev–Trinajstić information content (AvgIpc) is 2.41. The van der Waals surface area contributed by atoms with Crippen LogP contribution in [0.1, 0.15) is 35.2 Å². The maximum atomic E-state index is 12.8. The van der Waals surface area contributed by atoms with Crippen molar-refractivity contribution in [3.8, 4) is 0 Å². The molecule has 0 aliphatic heterocycles. The number of nitrogens with zero attached hydrogens (tertiary/aromatic N) is 2. The van der Waals surface area contributed by atoms with E-state index >= 15 is 0 Å². The highest BCUT2D eigenvalue weighted by atomic mass is 16.2. The molecule has 1 saturated carbocycles. The summed E-state index contributed by atoms with van der Waals surface area (Å²) in [7, 11) is 7.99. The minimum absolute atomic E-state index is 0.0937. The van der Waals surface area contributed by atoms with Crippen LogP contribution in [0.2, 0.25) is 0 Å². The first-order valence-corrected chi connectivity index (χ1v) is 7.61. The first-order valence-electron chi connectivity index (χ1n) is 7.61. The van der Waals surface area contributed by atoms with Crippen molar-refractivity contribution in [2.24, 2.45) is 0 Å². The van der Waals surface area contributed by atoms with Gasteiger partial charge in [0.2, 0.25) is 0 Å². The molecule has 4 nitrogen and oxygen atoms in total. The number of hydrogen-bond donors (Lipinski definition) is 1. The third kappa shape index (κ3) is 3.05. The van der Waals surface area contributed by atoms with Crippen LogP contribution in [0, 0.1) is 6.92 Å². The Morgan fingerprint density at radius 2 is 1.95 bits per heavy atom. The Morgan fingerprint density at radius 3 is 2.43 bits per heavy atom. The Hall–Kier alpha value is -1.55. The molecule has 0 atom stereocenters. The van der Waals surface area contributed by atoms with Crippen LogP contribution in [0.5, 0.6) is 0 Å². The second-order valence-electron chi connectivity index (χ2n) is 6.43. The van der Waals surface area contributed by atoms with E-state index in [9.17, 15) is 4.79 Å². The molecule has 2 rings (SSSR count). The number of rotatable bonds is 5. The van der Waals surface area contributed by atoms with E-state index in [2.05, 4.69) is 24.3 Å². The Morgan fingerprint density at radius 1 is 1.29 bits per heavy atom. The molecule has 1 aromatic rings. The van der Waals surface area contributed by atoms with E-state index in [4.69, 9.17) is 0 Å². The Kier molecular flexibility index (Phi) is 4.57. The highest BCUT2D eigenvalue weighted by Gasteiger charge is 2.40. The summed E-state index contributed by atoms with van der Waals surface area (Å²) >= 11 is 0. The Labute approximate surface area is 128 Å². The van der Waals surface area contributed by atoms with Crippen LogP contribution < -0.4 is 5.32 Å². The van der Waals surface area contributed by atoms with E-state index in [1.165, 1.54) is 19.3 Å². The van der Waals surface area contributed by atoms with Gasteiger partial charge in [-0.15, -0.1) is 0 Å². The summed E-state index contributed by atoms with van der Waals surface area (Å²) in [6, 6.07) is 5.96. The molecular weight excluding hydrogens is 262 g/mol. The average molecular weight is 289 g/mol. The number of benzene rings is 1. The van der Waals surface area contributed by atoms with Crippen LogP contribution in [0.4, 0.5) is 5.69 Å². The third-order valence-corrected chi connectivity index (χ3v) is 4.79. The fourth-order valence-corrected chi connectivity index (χ4v) is 3.10. The topological polar surface area (TPSA) is 35.6 Å². The molecule has 4 heteroatoms. The number of carbonyl (C=O) groups excluding carboxylic acids is 1. The standard InChI is InChI=1S/C17H27N3O/c1-13-7-8-15(18-2)14(11-13)16(21)20(5)12-17(19(3)4)9-6-10-17/h7-8,11,18H,6,9-10,12H2,1-5H3. The van der Waals surface area contributed by atoms with Crippen LogP contribution in [0.15, 0.2) is 18.2 Å². The maximum Gasteiger partial charge on any atom is 0.255 e. The molecule has 0 saturated heterocycles. The molecule has 0 radical (unpaired) electrons. The molecular formula is C17H27N3O. The normalized spacial score (nSPS) is 16.5. The van der Waals surface area contributed by atoms with Crippen LogP contribution in [-0.2, 0) is 0 Å². The van der Waals surface area contributed by atoms with Crippen molar-refractivity contribution in [2.75, 3.05) is 40.1 Å². The first-order chi connectivity index (χ1) is 9.89. The predicted octanol–water partition coefficient (Wildman–Crippen LogP) is 2.59. The van der Waals surface area contributed by atoms with Gasteiger partial charge in [0, 0.05) is 31.9 Å². The fraction of sp³-hybridized carbons (Fsp3) is 0.588. The highest BCUT2D eigenvalue weighted by Crippen LogP contribution is 2.37. The van der Waals surface area contributed by atoms with Gasteiger partial charge in [-0.3, -0.25) is 4.79 Å². The molecule has 0 aromatic heterocycles. The second-order valence-corrected chi connectivity index (χ2v) is 6.43. The van der Waals surface area contributed by atoms with Crippen LogP contribution >= 0.6 is 0 Å². The fourth-order valence-electron chi connectivity index (χ4n) is 3.10. The van der Waals surface area contributed by atoms with Crippen molar-refractivity contribution >= 4 is 11.6 Å². The van der Waals surface area contributed by atoms with E-state index < -0.39 is 0 Å². The molecule has 1 aliphatic carbocycles. The number of amides is 1. The zero-order chi connectivity index (χ0) is 15.6. The Balaban J connectivity index is 2.18. The SMILES string of the molecule is CNc1ccc(C)cc1C(=O)N(C)CC1(N(C)C)CCC1. The van der Waals surface area contributed by atoms with Crippen LogP contribution in [-0.4, -0.2) is 56.0 Å². The molecule has 1 aromatic carbocycles. The van der Waals surface area contributed by atoms with Crippen molar-refractivity contribution in [3.63, 3.8) is 0 Å². The number of aryl methyl sites for hydroxylation is 1. The van der Waals surface area contributed by atoms with Crippen LogP contribution in [0.25, 0.3) is 0 Å². The van der Waals surface area contributed by atoms with Crippen molar-refractivity contribution in [1.82, 2.24) is 9.80 Å². The molecule has 1 N–H and O–H groups in total. The lowest BCUT2D eigenvalue weighted by molar-refractivity contribution is 0.0253. The molecule has 1 aliphatic rings. The van der Waals surface area contributed by atoms with Gasteiger partial charge < -0.3 is 15.1 Å². The molecule has 21 heavy (non-hydrogen) atoms. The minimum Gasteiger partial charge on any atom is -0.387 e. The molecule has 0 bridgehead atoms. The summed E-state index contributed by atoms with van der Waals surface area (Å²) < 4.78 is 0. The van der Waals surface area contributed by atoms with Gasteiger partial charge in [-0.2, -0.15) is 0 Å². The minimum atomic E-state index is 0.0937. The van der Waals surface area contributed by atoms with E-state index in [1.807, 2.05) is 44.1 Å². The molecule has 1 amide bonds. The van der Waals surface area contributed by atoms with Gasteiger partial charge in [-0.05, 0) is 52.4 Å². The molecule has 1 fully saturated rings. The van der Waals surface area contributed by atoms with Gasteiger partial charge in [-0.1, -0.05) is 11.6 Å². The quantitative estimate of drug-likeness (QED) is 0.905. The van der Waals surface area contributed by atoms with Gasteiger partial charge in [0.1, 0.15) is 0 Å². The lowest BCUT2D eigenvalue weighted by Crippen LogP contribution is -2.57. The van der Waals surface area contributed by atoms with Gasteiger partial charge in [-0.25, -0.2) is 0 Å². The van der Waals surface area contributed by atoms with E-state index in [0.717, 1.165) is 23.4 Å². The van der Waals surface area contributed by atoms with Crippen molar-refractivity contribution in [3.05, 3.63) is 29.3 Å². The summed E-state index contributed by atoms with van der Waals surface area (Å²) in [6.45, 7) is 2.80. The lowest BCUT2D eigenvalue weighted by atomic mass is 9.75. The van der Waals surface area contributed by atoms with Crippen molar-refractivity contribution in [1.29, 1.82) is 0 Å². The predicted molar refractivity (Wildman–Crippen MR) is 88.0 cm³/mol. The van der Waals surface area contributed by atoms with Crippen molar-refractivity contribution < 1.29 is 4.79 Å². The number of hydrogen-bond acceptors (Lipinski definition) is 3. The second kappa shape index (κ2) is 6.06. The summed E-state index contributed by atoms with van der Waals surface area (Å²) in [5.74, 6) is 0.0937. The number of carbonyl (C=O) groups is 1. The van der Waals surface area contributed by atoms with Crippen molar-refractivity contribution in [2.45, 2.75) is 31.7 Å². The summed E-state index contributed by atoms with van der Waals surface area (Å²) in [5.41, 5.74) is 2.92. The number of likely N-dealkylation sites (N-methyl/N-ethyl adjacent to an activating group) is 2. The third-order valence-electron chi connectivity index (χ3n) is 4.79. The largest absolute Gasteiger partial charge is 0.387 e.